The average Bonchev–Trinajstić information content (AvgIpc) is 2.84. The van der Waals surface area contributed by atoms with Gasteiger partial charge in [0.1, 0.15) is 18.5 Å². The Labute approximate surface area is 124 Å². The number of ether oxygens (including phenoxy) is 3. The highest BCUT2D eigenvalue weighted by atomic mass is 16.5. The lowest BCUT2D eigenvalue weighted by Crippen LogP contribution is -2.27. The molecule has 21 heavy (non-hydrogen) atoms. The van der Waals surface area contributed by atoms with E-state index < -0.39 is 6.10 Å². The third-order valence-electron chi connectivity index (χ3n) is 3.42. The van der Waals surface area contributed by atoms with Gasteiger partial charge in [-0.25, -0.2) is 0 Å². The Bertz CT molecular complexity index is 486. The van der Waals surface area contributed by atoms with Crippen LogP contribution in [0.3, 0.4) is 0 Å². The van der Waals surface area contributed by atoms with Crippen LogP contribution >= 0.6 is 0 Å². The molecule has 2 atom stereocenters. The maximum absolute atomic E-state index is 11.5. The second-order valence-electron chi connectivity index (χ2n) is 5.31. The van der Waals surface area contributed by atoms with Crippen LogP contribution < -0.4 is 4.74 Å². The summed E-state index contributed by atoms with van der Waals surface area (Å²) >= 11 is 0. The second kappa shape index (κ2) is 7.54. The quantitative estimate of drug-likeness (QED) is 0.789. The number of aliphatic hydroxyl groups excluding tert-OH is 1. The Hall–Kier alpha value is -1.43. The first-order valence-corrected chi connectivity index (χ1v) is 7.17. The van der Waals surface area contributed by atoms with E-state index in [1.54, 1.807) is 19.2 Å². The molecule has 0 heterocycles. The molecule has 0 radical (unpaired) electrons. The first-order chi connectivity index (χ1) is 10.1. The highest BCUT2D eigenvalue weighted by molar-refractivity contribution is 6.00. The number of benzene rings is 1. The molecule has 1 aliphatic rings. The molecule has 0 aliphatic heterocycles. The van der Waals surface area contributed by atoms with E-state index in [2.05, 4.69) is 0 Å². The molecule has 0 saturated heterocycles. The van der Waals surface area contributed by atoms with Gasteiger partial charge in [-0.05, 0) is 37.1 Å². The fourth-order valence-corrected chi connectivity index (χ4v) is 2.32. The third kappa shape index (κ3) is 4.52. The number of rotatable bonds is 8. The molecule has 1 aromatic rings. The molecule has 5 heteroatoms. The summed E-state index contributed by atoms with van der Waals surface area (Å²) in [7, 11) is 1.61. The lowest BCUT2D eigenvalue weighted by Gasteiger charge is -2.16. The van der Waals surface area contributed by atoms with Crippen molar-refractivity contribution >= 4 is 5.78 Å². The zero-order valence-electron chi connectivity index (χ0n) is 12.5. The maximum Gasteiger partial charge on any atom is 0.163 e. The molecule has 1 N–H and O–H groups in total. The molecule has 1 aromatic carbocycles. The number of aliphatic hydroxyl groups is 1. The predicted molar refractivity (Wildman–Crippen MR) is 77.9 cm³/mol. The van der Waals surface area contributed by atoms with Crippen molar-refractivity contribution in [3.05, 3.63) is 29.3 Å². The number of aryl methyl sites for hydroxylation is 1. The van der Waals surface area contributed by atoms with Crippen LogP contribution in [0.15, 0.2) is 18.2 Å². The fourth-order valence-electron chi connectivity index (χ4n) is 2.32. The van der Waals surface area contributed by atoms with Gasteiger partial charge in [0.15, 0.2) is 5.78 Å². The van der Waals surface area contributed by atoms with Crippen LogP contribution in [-0.4, -0.2) is 50.0 Å². The van der Waals surface area contributed by atoms with E-state index in [0.717, 1.165) is 17.5 Å². The van der Waals surface area contributed by atoms with Gasteiger partial charge >= 0.3 is 0 Å². The monoisotopic (exact) mass is 294 g/mol. The summed E-state index contributed by atoms with van der Waals surface area (Å²) in [4.78, 5) is 11.5. The van der Waals surface area contributed by atoms with E-state index >= 15 is 0 Å². The van der Waals surface area contributed by atoms with Crippen molar-refractivity contribution in [2.24, 2.45) is 0 Å². The van der Waals surface area contributed by atoms with Crippen LogP contribution in [0, 0.1) is 0 Å². The van der Waals surface area contributed by atoms with Crippen LogP contribution in [0.5, 0.6) is 5.75 Å². The molecule has 0 bridgehead atoms. The molecule has 5 nitrogen and oxygen atoms in total. The van der Waals surface area contributed by atoms with E-state index in [9.17, 15) is 9.90 Å². The summed E-state index contributed by atoms with van der Waals surface area (Å²) in [5.74, 6) is 0.865. The number of fused-ring (bicyclic) bond motifs is 1. The van der Waals surface area contributed by atoms with Gasteiger partial charge in [0.2, 0.25) is 0 Å². The molecule has 0 amide bonds. The largest absolute Gasteiger partial charge is 0.491 e. The van der Waals surface area contributed by atoms with Gasteiger partial charge in [-0.1, -0.05) is 0 Å². The minimum atomic E-state index is -0.695. The van der Waals surface area contributed by atoms with Gasteiger partial charge < -0.3 is 19.3 Å². The van der Waals surface area contributed by atoms with E-state index in [1.807, 2.05) is 13.0 Å². The van der Waals surface area contributed by atoms with Gasteiger partial charge in [0.25, 0.3) is 0 Å². The predicted octanol–water partition coefficient (Wildman–Crippen LogP) is 1.61. The Balaban J connectivity index is 1.77. The van der Waals surface area contributed by atoms with Crippen molar-refractivity contribution < 1.29 is 24.1 Å². The Morgan fingerprint density at radius 3 is 2.81 bits per heavy atom. The third-order valence-corrected chi connectivity index (χ3v) is 3.42. The summed E-state index contributed by atoms with van der Waals surface area (Å²) in [5.41, 5.74) is 1.82. The van der Waals surface area contributed by atoms with Crippen molar-refractivity contribution in [1.29, 1.82) is 0 Å². The van der Waals surface area contributed by atoms with Gasteiger partial charge in [0, 0.05) is 19.1 Å². The molecule has 2 rings (SSSR count). The van der Waals surface area contributed by atoms with Gasteiger partial charge in [-0.2, -0.15) is 0 Å². The zero-order chi connectivity index (χ0) is 15.2. The van der Waals surface area contributed by atoms with Crippen molar-refractivity contribution in [2.45, 2.75) is 32.0 Å². The SMILES string of the molecule is COCC(C)OCC(O)COc1ccc2c(c1)CCC2=O. The first-order valence-electron chi connectivity index (χ1n) is 7.17. The Kier molecular flexibility index (Phi) is 5.73. The molecule has 2 unspecified atom stereocenters. The molecular weight excluding hydrogens is 272 g/mol. The molecule has 1 aliphatic carbocycles. The van der Waals surface area contributed by atoms with Gasteiger partial charge in [-0.3, -0.25) is 4.79 Å². The number of ketones is 1. The summed E-state index contributed by atoms with van der Waals surface area (Å²) < 4.78 is 15.9. The number of Topliss-reactive ketones (excluding diaryl/α,β-unsaturated/α-hetero) is 1. The second-order valence-corrected chi connectivity index (χ2v) is 5.31. The molecule has 116 valence electrons. The lowest BCUT2D eigenvalue weighted by molar-refractivity contribution is -0.0423. The number of carbonyl (C=O) groups is 1. The van der Waals surface area contributed by atoms with Crippen LogP contribution in [-0.2, 0) is 15.9 Å². The van der Waals surface area contributed by atoms with Crippen LogP contribution in [0.1, 0.15) is 29.3 Å². The minimum absolute atomic E-state index is 0.0596. The average molecular weight is 294 g/mol. The zero-order valence-corrected chi connectivity index (χ0v) is 12.5. The molecule has 0 fully saturated rings. The molecule has 0 aromatic heterocycles. The molecule has 0 spiro atoms. The van der Waals surface area contributed by atoms with Gasteiger partial charge in [0.05, 0.1) is 19.3 Å². The van der Waals surface area contributed by atoms with Crippen LogP contribution in [0.4, 0.5) is 0 Å². The Morgan fingerprint density at radius 2 is 2.05 bits per heavy atom. The summed E-state index contributed by atoms with van der Waals surface area (Å²) in [6.45, 7) is 2.74. The van der Waals surface area contributed by atoms with Crippen LogP contribution in [0.25, 0.3) is 0 Å². The first kappa shape index (κ1) is 15.9. The normalized spacial score (nSPS) is 16.6. The number of methoxy groups -OCH3 is 1. The van der Waals surface area contributed by atoms with E-state index in [-0.39, 0.29) is 25.1 Å². The number of hydrogen-bond acceptors (Lipinski definition) is 5. The van der Waals surface area contributed by atoms with Crippen molar-refractivity contribution in [3.8, 4) is 5.75 Å². The van der Waals surface area contributed by atoms with E-state index in [0.29, 0.717) is 18.8 Å². The number of carbonyl (C=O) groups excluding carboxylic acids is 1. The lowest BCUT2D eigenvalue weighted by atomic mass is 10.1. The van der Waals surface area contributed by atoms with Gasteiger partial charge in [-0.15, -0.1) is 0 Å². The Morgan fingerprint density at radius 1 is 1.24 bits per heavy atom. The fraction of sp³-hybridized carbons (Fsp3) is 0.562. The smallest absolute Gasteiger partial charge is 0.163 e. The summed E-state index contributed by atoms with van der Waals surface area (Å²) in [5, 5.41) is 9.82. The van der Waals surface area contributed by atoms with Crippen molar-refractivity contribution in [2.75, 3.05) is 26.9 Å². The highest BCUT2D eigenvalue weighted by Gasteiger charge is 2.19. The maximum atomic E-state index is 11.5. The standard InChI is InChI=1S/C16H22O5/c1-11(8-19-2)20-9-13(17)10-21-14-4-5-15-12(7-14)3-6-16(15)18/h4-5,7,11,13,17H,3,6,8-10H2,1-2H3. The summed E-state index contributed by atoms with van der Waals surface area (Å²) in [6.07, 6.45) is 0.591. The molecular formula is C16H22O5. The van der Waals surface area contributed by atoms with E-state index in [1.165, 1.54) is 0 Å². The topological polar surface area (TPSA) is 65.0 Å². The van der Waals surface area contributed by atoms with Crippen molar-refractivity contribution in [1.82, 2.24) is 0 Å². The van der Waals surface area contributed by atoms with Crippen molar-refractivity contribution in [3.63, 3.8) is 0 Å². The molecule has 0 saturated carbocycles. The summed E-state index contributed by atoms with van der Waals surface area (Å²) in [6, 6.07) is 5.44. The van der Waals surface area contributed by atoms with E-state index in [4.69, 9.17) is 14.2 Å². The minimum Gasteiger partial charge on any atom is -0.491 e. The van der Waals surface area contributed by atoms with Crippen LogP contribution in [0.2, 0.25) is 0 Å². The highest BCUT2D eigenvalue weighted by Crippen LogP contribution is 2.26. The number of hydrogen-bond donors (Lipinski definition) is 1.